The summed E-state index contributed by atoms with van der Waals surface area (Å²) in [5.41, 5.74) is 0.558. The molecule has 0 fully saturated rings. The molecular formula is C9H10F3NO. The predicted molar refractivity (Wildman–Crippen MR) is 45.8 cm³/mol. The van der Waals surface area contributed by atoms with Crippen LogP contribution in [0.2, 0.25) is 0 Å². The van der Waals surface area contributed by atoms with Crippen LogP contribution >= 0.6 is 0 Å². The van der Waals surface area contributed by atoms with Crippen LogP contribution in [0, 0.1) is 5.82 Å². The lowest BCUT2D eigenvalue weighted by molar-refractivity contribution is -0.0500. The van der Waals surface area contributed by atoms with Gasteiger partial charge < -0.3 is 10.1 Å². The fourth-order valence-electron chi connectivity index (χ4n) is 1.10. The number of benzene rings is 1. The molecule has 0 saturated heterocycles. The average molecular weight is 205 g/mol. The van der Waals surface area contributed by atoms with Crippen LogP contribution in [-0.4, -0.2) is 13.7 Å². The first kappa shape index (κ1) is 10.8. The molecule has 0 aliphatic heterocycles. The number of nitrogens with one attached hydrogen (secondary N) is 1. The van der Waals surface area contributed by atoms with Crippen LogP contribution in [0.4, 0.5) is 13.2 Å². The SMILES string of the molecule is CNCc1cc(F)cc(OC(F)F)c1. The Morgan fingerprint density at radius 2 is 2.07 bits per heavy atom. The smallest absolute Gasteiger partial charge is 0.387 e. The molecule has 2 nitrogen and oxygen atoms in total. The fraction of sp³-hybridized carbons (Fsp3) is 0.333. The standard InChI is InChI=1S/C9H10F3NO/c1-13-5-6-2-7(10)4-8(3-6)14-9(11)12/h2-4,9,13H,5H2,1H3. The first-order valence-electron chi connectivity index (χ1n) is 4.00. The molecule has 0 bridgehead atoms. The molecule has 1 rings (SSSR count). The number of alkyl halides is 2. The van der Waals surface area contributed by atoms with Crippen molar-refractivity contribution in [3.05, 3.63) is 29.6 Å². The second-order valence-electron chi connectivity index (χ2n) is 2.70. The zero-order chi connectivity index (χ0) is 10.6. The zero-order valence-electron chi connectivity index (χ0n) is 7.56. The molecule has 5 heteroatoms. The molecule has 0 aliphatic rings. The number of hydrogen-bond acceptors (Lipinski definition) is 2. The van der Waals surface area contributed by atoms with Gasteiger partial charge in [-0.25, -0.2) is 4.39 Å². The first-order chi connectivity index (χ1) is 6.61. The van der Waals surface area contributed by atoms with E-state index < -0.39 is 12.4 Å². The molecule has 0 aliphatic carbocycles. The Morgan fingerprint density at radius 3 is 2.64 bits per heavy atom. The van der Waals surface area contributed by atoms with E-state index in [9.17, 15) is 13.2 Å². The third-order valence-electron chi connectivity index (χ3n) is 1.54. The molecule has 0 radical (unpaired) electrons. The summed E-state index contributed by atoms with van der Waals surface area (Å²) in [7, 11) is 1.68. The highest BCUT2D eigenvalue weighted by Crippen LogP contribution is 2.18. The Kier molecular flexibility index (Phi) is 3.76. The number of hydrogen-bond donors (Lipinski definition) is 1. The number of halogens is 3. The van der Waals surface area contributed by atoms with Crippen molar-refractivity contribution in [2.24, 2.45) is 0 Å². The monoisotopic (exact) mass is 205 g/mol. The van der Waals surface area contributed by atoms with E-state index in [1.54, 1.807) is 7.05 Å². The minimum Gasteiger partial charge on any atom is -0.435 e. The van der Waals surface area contributed by atoms with Gasteiger partial charge in [0.05, 0.1) is 0 Å². The minimum atomic E-state index is -2.93. The van der Waals surface area contributed by atoms with E-state index >= 15 is 0 Å². The summed E-state index contributed by atoms with van der Waals surface area (Å²) in [6.45, 7) is -2.53. The van der Waals surface area contributed by atoms with Gasteiger partial charge in [0.1, 0.15) is 11.6 Å². The van der Waals surface area contributed by atoms with Gasteiger partial charge in [0, 0.05) is 12.6 Å². The normalized spacial score (nSPS) is 10.6. The van der Waals surface area contributed by atoms with Gasteiger partial charge in [-0.15, -0.1) is 0 Å². The Hall–Kier alpha value is -1.23. The summed E-state index contributed by atoms with van der Waals surface area (Å²) in [5.74, 6) is -0.751. The molecule has 14 heavy (non-hydrogen) atoms. The van der Waals surface area contributed by atoms with Gasteiger partial charge in [0.15, 0.2) is 0 Å². The molecule has 0 aromatic heterocycles. The Labute approximate surface area is 79.7 Å². The van der Waals surface area contributed by atoms with Crippen LogP contribution < -0.4 is 10.1 Å². The van der Waals surface area contributed by atoms with Crippen molar-refractivity contribution in [2.75, 3.05) is 7.05 Å². The van der Waals surface area contributed by atoms with E-state index in [-0.39, 0.29) is 5.75 Å². The van der Waals surface area contributed by atoms with E-state index in [0.29, 0.717) is 12.1 Å². The molecule has 1 N–H and O–H groups in total. The van der Waals surface area contributed by atoms with Crippen LogP contribution in [0.5, 0.6) is 5.75 Å². The van der Waals surface area contributed by atoms with Gasteiger partial charge in [-0.3, -0.25) is 0 Å². The molecule has 0 heterocycles. The zero-order valence-corrected chi connectivity index (χ0v) is 7.56. The van der Waals surface area contributed by atoms with Gasteiger partial charge in [0.2, 0.25) is 0 Å². The highest BCUT2D eigenvalue weighted by atomic mass is 19.3. The van der Waals surface area contributed by atoms with Gasteiger partial charge >= 0.3 is 6.61 Å². The summed E-state index contributed by atoms with van der Waals surface area (Å²) >= 11 is 0. The van der Waals surface area contributed by atoms with Crippen molar-refractivity contribution in [1.29, 1.82) is 0 Å². The van der Waals surface area contributed by atoms with Crippen molar-refractivity contribution in [3.63, 3.8) is 0 Å². The maximum Gasteiger partial charge on any atom is 0.387 e. The van der Waals surface area contributed by atoms with E-state index in [0.717, 1.165) is 6.07 Å². The van der Waals surface area contributed by atoms with Crippen LogP contribution in [0.3, 0.4) is 0 Å². The van der Waals surface area contributed by atoms with Crippen molar-refractivity contribution in [1.82, 2.24) is 5.32 Å². The van der Waals surface area contributed by atoms with Gasteiger partial charge in [-0.05, 0) is 24.7 Å². The minimum absolute atomic E-state index is 0.162. The van der Waals surface area contributed by atoms with E-state index in [1.807, 2.05) is 0 Å². The van der Waals surface area contributed by atoms with Crippen LogP contribution in [0.15, 0.2) is 18.2 Å². The number of rotatable bonds is 4. The van der Waals surface area contributed by atoms with Gasteiger partial charge in [0.25, 0.3) is 0 Å². The van der Waals surface area contributed by atoms with Crippen molar-refractivity contribution >= 4 is 0 Å². The topological polar surface area (TPSA) is 21.3 Å². The van der Waals surface area contributed by atoms with E-state index in [2.05, 4.69) is 10.1 Å². The van der Waals surface area contributed by atoms with Crippen molar-refractivity contribution < 1.29 is 17.9 Å². The molecule has 0 unspecified atom stereocenters. The van der Waals surface area contributed by atoms with Crippen LogP contribution in [0.1, 0.15) is 5.56 Å². The van der Waals surface area contributed by atoms with Crippen LogP contribution in [-0.2, 0) is 6.54 Å². The van der Waals surface area contributed by atoms with E-state index in [4.69, 9.17) is 0 Å². The molecule has 0 spiro atoms. The lowest BCUT2D eigenvalue weighted by atomic mass is 10.2. The molecule has 78 valence electrons. The summed E-state index contributed by atoms with van der Waals surface area (Å²) < 4.78 is 40.5. The second kappa shape index (κ2) is 4.85. The Balaban J connectivity index is 2.83. The highest BCUT2D eigenvalue weighted by Gasteiger charge is 2.06. The Morgan fingerprint density at radius 1 is 1.36 bits per heavy atom. The Bertz CT molecular complexity index is 304. The fourth-order valence-corrected chi connectivity index (χ4v) is 1.10. The third kappa shape index (κ3) is 3.26. The lowest BCUT2D eigenvalue weighted by Crippen LogP contribution is -2.07. The average Bonchev–Trinajstić information content (AvgIpc) is 2.01. The van der Waals surface area contributed by atoms with Gasteiger partial charge in [-0.2, -0.15) is 8.78 Å². The second-order valence-corrected chi connectivity index (χ2v) is 2.70. The van der Waals surface area contributed by atoms with Crippen LogP contribution in [0.25, 0.3) is 0 Å². The maximum atomic E-state index is 12.8. The largest absolute Gasteiger partial charge is 0.435 e. The molecule has 0 saturated carbocycles. The predicted octanol–water partition coefficient (Wildman–Crippen LogP) is 2.15. The molecule has 1 aromatic carbocycles. The van der Waals surface area contributed by atoms with Crippen molar-refractivity contribution in [2.45, 2.75) is 13.2 Å². The van der Waals surface area contributed by atoms with Crippen molar-refractivity contribution in [3.8, 4) is 5.75 Å². The first-order valence-corrected chi connectivity index (χ1v) is 4.00. The summed E-state index contributed by atoms with van der Waals surface area (Å²) in [6, 6.07) is 3.55. The molecule has 0 amide bonds. The summed E-state index contributed by atoms with van der Waals surface area (Å²) in [4.78, 5) is 0. The number of ether oxygens (including phenoxy) is 1. The highest BCUT2D eigenvalue weighted by molar-refractivity contribution is 5.29. The third-order valence-corrected chi connectivity index (χ3v) is 1.54. The molecular weight excluding hydrogens is 195 g/mol. The quantitative estimate of drug-likeness (QED) is 0.813. The molecule has 0 atom stereocenters. The lowest BCUT2D eigenvalue weighted by Gasteiger charge is -2.07. The summed E-state index contributed by atoms with van der Waals surface area (Å²) in [6.07, 6.45) is 0. The van der Waals surface area contributed by atoms with E-state index in [1.165, 1.54) is 12.1 Å². The van der Waals surface area contributed by atoms with Gasteiger partial charge in [-0.1, -0.05) is 0 Å². The maximum absolute atomic E-state index is 12.8. The summed E-state index contributed by atoms with van der Waals surface area (Å²) in [5, 5.41) is 2.78. The molecule has 1 aromatic rings.